The third-order valence-electron chi connectivity index (χ3n) is 4.85. The number of quaternary nitrogens is 1. The Morgan fingerprint density at radius 1 is 0.900 bits per heavy atom. The first-order chi connectivity index (χ1) is 14.3. The standard InChI is InChI=1S/C24H25NO4.ClH/c1-26-21-12-11-19(18-7-3-2-4-8-18)15-24(21)27-14-13-25-16-20-17-28-22-9-5-6-10-23(22)29-20;/h2-12,15,20,25H,13-14,16-17H2,1H3;1H/t20-;/m1./s1. The van der Waals surface area contributed by atoms with Crippen molar-refractivity contribution >= 4 is 0 Å². The van der Waals surface area contributed by atoms with E-state index in [1.807, 2.05) is 60.7 Å². The summed E-state index contributed by atoms with van der Waals surface area (Å²) in [6.07, 6.45) is 0.0424. The van der Waals surface area contributed by atoms with Crippen molar-refractivity contribution in [3.63, 3.8) is 0 Å². The minimum Gasteiger partial charge on any atom is -1.00 e. The van der Waals surface area contributed by atoms with Crippen LogP contribution in [0.5, 0.6) is 23.0 Å². The first kappa shape index (κ1) is 21.8. The molecule has 4 rings (SSSR count). The van der Waals surface area contributed by atoms with Gasteiger partial charge in [0.1, 0.15) is 26.3 Å². The summed E-state index contributed by atoms with van der Waals surface area (Å²) >= 11 is 0. The highest BCUT2D eigenvalue weighted by atomic mass is 35.5. The largest absolute Gasteiger partial charge is 1.00 e. The lowest BCUT2D eigenvalue weighted by Crippen LogP contribution is -3.00. The maximum Gasteiger partial charge on any atom is 0.181 e. The van der Waals surface area contributed by atoms with Gasteiger partial charge < -0.3 is 36.7 Å². The maximum absolute atomic E-state index is 6.01. The highest BCUT2D eigenvalue weighted by molar-refractivity contribution is 5.67. The molecule has 0 unspecified atom stereocenters. The molecule has 0 aromatic heterocycles. The molecule has 0 saturated carbocycles. The van der Waals surface area contributed by atoms with E-state index in [4.69, 9.17) is 18.9 Å². The van der Waals surface area contributed by atoms with Crippen LogP contribution >= 0.6 is 0 Å². The van der Waals surface area contributed by atoms with Crippen LogP contribution in [0.2, 0.25) is 0 Å². The highest BCUT2D eigenvalue weighted by Crippen LogP contribution is 2.32. The number of nitrogens with two attached hydrogens (primary N) is 1. The molecule has 3 aromatic rings. The van der Waals surface area contributed by atoms with Crippen LogP contribution in [0, 0.1) is 0 Å². The molecule has 0 spiro atoms. The lowest BCUT2D eigenvalue weighted by atomic mass is 10.1. The van der Waals surface area contributed by atoms with Gasteiger partial charge in [-0.1, -0.05) is 48.5 Å². The van der Waals surface area contributed by atoms with Crippen molar-refractivity contribution in [2.75, 3.05) is 33.4 Å². The zero-order chi connectivity index (χ0) is 19.9. The molecule has 158 valence electrons. The van der Waals surface area contributed by atoms with E-state index in [0.717, 1.165) is 47.2 Å². The van der Waals surface area contributed by atoms with Crippen molar-refractivity contribution in [1.29, 1.82) is 0 Å². The lowest BCUT2D eigenvalue weighted by molar-refractivity contribution is -0.661. The minimum atomic E-state index is 0. The smallest absolute Gasteiger partial charge is 0.181 e. The van der Waals surface area contributed by atoms with Gasteiger partial charge in [-0.2, -0.15) is 0 Å². The molecule has 0 saturated heterocycles. The number of rotatable bonds is 8. The highest BCUT2D eigenvalue weighted by Gasteiger charge is 2.21. The van der Waals surface area contributed by atoms with E-state index in [1.165, 1.54) is 0 Å². The summed E-state index contributed by atoms with van der Waals surface area (Å²) in [4.78, 5) is 0. The average molecular weight is 428 g/mol. The van der Waals surface area contributed by atoms with Crippen LogP contribution < -0.4 is 36.7 Å². The Hall–Kier alpha value is -2.89. The van der Waals surface area contributed by atoms with Crippen LogP contribution in [-0.2, 0) is 0 Å². The van der Waals surface area contributed by atoms with Gasteiger partial charge in [-0.15, -0.1) is 0 Å². The van der Waals surface area contributed by atoms with E-state index in [-0.39, 0.29) is 18.5 Å². The molecule has 1 aliphatic rings. The quantitative estimate of drug-likeness (QED) is 0.520. The third-order valence-corrected chi connectivity index (χ3v) is 4.85. The predicted molar refractivity (Wildman–Crippen MR) is 112 cm³/mol. The van der Waals surface area contributed by atoms with Gasteiger partial charge in [-0.3, -0.25) is 0 Å². The molecule has 6 heteroatoms. The van der Waals surface area contributed by atoms with Crippen molar-refractivity contribution in [2.24, 2.45) is 0 Å². The summed E-state index contributed by atoms with van der Waals surface area (Å²) in [5.74, 6) is 3.13. The predicted octanol–water partition coefficient (Wildman–Crippen LogP) is 0.148. The number of halogens is 1. The number of ether oxygens (including phenoxy) is 4. The molecule has 0 radical (unpaired) electrons. The van der Waals surface area contributed by atoms with Gasteiger partial charge in [0, 0.05) is 0 Å². The zero-order valence-corrected chi connectivity index (χ0v) is 17.7. The summed E-state index contributed by atoms with van der Waals surface area (Å²) < 4.78 is 23.2. The number of para-hydroxylation sites is 2. The number of fused-ring (bicyclic) bond motifs is 1. The second-order valence-electron chi connectivity index (χ2n) is 6.89. The Bertz CT molecular complexity index is 935. The number of benzene rings is 3. The van der Waals surface area contributed by atoms with E-state index in [0.29, 0.717) is 13.2 Å². The van der Waals surface area contributed by atoms with Gasteiger partial charge in [0.15, 0.2) is 29.1 Å². The van der Waals surface area contributed by atoms with Crippen LogP contribution in [-0.4, -0.2) is 39.5 Å². The summed E-state index contributed by atoms with van der Waals surface area (Å²) in [6.45, 7) is 2.79. The summed E-state index contributed by atoms with van der Waals surface area (Å²) in [7, 11) is 1.66. The summed E-state index contributed by atoms with van der Waals surface area (Å²) in [5.41, 5.74) is 2.26. The van der Waals surface area contributed by atoms with E-state index in [9.17, 15) is 0 Å². The molecular weight excluding hydrogens is 402 g/mol. The molecule has 3 aromatic carbocycles. The SMILES string of the molecule is COc1ccc(-c2ccccc2)cc1OCC[NH2+]C[C@@H]1COc2ccccc2O1.[Cl-]. The third kappa shape index (κ3) is 5.38. The fraction of sp³-hybridized carbons (Fsp3) is 0.250. The molecule has 30 heavy (non-hydrogen) atoms. The number of methoxy groups -OCH3 is 1. The Morgan fingerprint density at radius 2 is 1.67 bits per heavy atom. The Kier molecular flexibility index (Phi) is 7.82. The molecule has 0 bridgehead atoms. The molecule has 5 nitrogen and oxygen atoms in total. The second kappa shape index (κ2) is 10.8. The van der Waals surface area contributed by atoms with Crippen LogP contribution in [0.3, 0.4) is 0 Å². The van der Waals surface area contributed by atoms with Gasteiger partial charge in [-0.25, -0.2) is 0 Å². The van der Waals surface area contributed by atoms with Crippen molar-refractivity contribution < 1.29 is 36.7 Å². The van der Waals surface area contributed by atoms with E-state index in [1.54, 1.807) is 7.11 Å². The molecule has 1 atom stereocenters. The van der Waals surface area contributed by atoms with Crippen molar-refractivity contribution in [1.82, 2.24) is 0 Å². The van der Waals surface area contributed by atoms with Crippen LogP contribution in [0.4, 0.5) is 0 Å². The van der Waals surface area contributed by atoms with Crippen LogP contribution in [0.15, 0.2) is 72.8 Å². The van der Waals surface area contributed by atoms with Gasteiger partial charge in [0.25, 0.3) is 0 Å². The minimum absolute atomic E-state index is 0. The van der Waals surface area contributed by atoms with Crippen LogP contribution in [0.25, 0.3) is 11.1 Å². The molecule has 2 N–H and O–H groups in total. The fourth-order valence-electron chi connectivity index (χ4n) is 3.33. The van der Waals surface area contributed by atoms with E-state index < -0.39 is 0 Å². The second-order valence-corrected chi connectivity index (χ2v) is 6.89. The first-order valence-electron chi connectivity index (χ1n) is 9.90. The normalized spacial score (nSPS) is 14.5. The average Bonchev–Trinajstić information content (AvgIpc) is 2.79. The van der Waals surface area contributed by atoms with Gasteiger partial charge in [0.05, 0.1) is 7.11 Å². The topological polar surface area (TPSA) is 53.5 Å². The Labute approximate surface area is 183 Å². The summed E-state index contributed by atoms with van der Waals surface area (Å²) in [5, 5.41) is 2.19. The maximum atomic E-state index is 6.01. The fourth-order valence-corrected chi connectivity index (χ4v) is 3.33. The molecule has 0 fully saturated rings. The van der Waals surface area contributed by atoms with E-state index in [2.05, 4.69) is 17.4 Å². The number of hydrogen-bond donors (Lipinski definition) is 1. The molecular formula is C24H26ClNO4. The zero-order valence-electron chi connectivity index (χ0n) is 16.9. The Morgan fingerprint density at radius 3 is 2.47 bits per heavy atom. The van der Waals surface area contributed by atoms with Crippen LogP contribution in [0.1, 0.15) is 0 Å². The van der Waals surface area contributed by atoms with Crippen molar-refractivity contribution in [3.05, 3.63) is 72.8 Å². The molecule has 0 aliphatic carbocycles. The first-order valence-corrected chi connectivity index (χ1v) is 9.90. The van der Waals surface area contributed by atoms with Gasteiger partial charge in [-0.05, 0) is 35.4 Å². The molecule has 0 amide bonds. The van der Waals surface area contributed by atoms with Gasteiger partial charge >= 0.3 is 0 Å². The lowest BCUT2D eigenvalue weighted by Gasteiger charge is -2.25. The van der Waals surface area contributed by atoms with E-state index >= 15 is 0 Å². The van der Waals surface area contributed by atoms with Crippen molar-refractivity contribution in [3.8, 4) is 34.1 Å². The number of hydrogen-bond acceptors (Lipinski definition) is 4. The monoisotopic (exact) mass is 427 g/mol. The molecule has 1 heterocycles. The van der Waals surface area contributed by atoms with Gasteiger partial charge in [0.2, 0.25) is 0 Å². The van der Waals surface area contributed by atoms with Crippen molar-refractivity contribution in [2.45, 2.75) is 6.10 Å². The summed E-state index contributed by atoms with van der Waals surface area (Å²) in [6, 6.07) is 24.1. The Balaban J connectivity index is 0.00000256. The molecule has 1 aliphatic heterocycles.